The number of nitrogens with zero attached hydrogens (tertiary/aromatic N) is 2. The van der Waals surface area contributed by atoms with Gasteiger partial charge in [0.25, 0.3) is 0 Å². The van der Waals surface area contributed by atoms with E-state index in [-0.39, 0.29) is 17.0 Å². The molecule has 3 rings (SSSR count). The molecular weight excluding hydrogens is 359 g/mol. The summed E-state index contributed by atoms with van der Waals surface area (Å²) in [6, 6.07) is 8.93. The quantitative estimate of drug-likeness (QED) is 0.610. The molecule has 0 aliphatic carbocycles. The molecule has 26 heavy (non-hydrogen) atoms. The maximum absolute atomic E-state index is 13.0. The number of esters is 1. The fourth-order valence-corrected chi connectivity index (χ4v) is 2.81. The number of pyridine rings is 1. The van der Waals surface area contributed by atoms with Crippen LogP contribution in [0.1, 0.15) is 12.0 Å². The molecule has 1 aliphatic heterocycles. The number of hydrogen-bond donors (Lipinski definition) is 0. The van der Waals surface area contributed by atoms with Gasteiger partial charge in [0.05, 0.1) is 11.1 Å². The van der Waals surface area contributed by atoms with Gasteiger partial charge in [-0.05, 0) is 30.7 Å². The fraction of sp³-hybridized carbons (Fsp3) is 0.263. The largest absolute Gasteiger partial charge is 0.398 e. The minimum atomic E-state index is -0.772. The van der Waals surface area contributed by atoms with Gasteiger partial charge in [-0.15, -0.1) is 0 Å². The van der Waals surface area contributed by atoms with Gasteiger partial charge in [-0.25, -0.2) is 9.18 Å². The molecule has 1 atom stereocenters. The standard InChI is InChI=1S/C19H16ClFN2O3/c1-25-15-9-10-23(12-15)17-3-2-4-18(22-17)26-19(24)8-6-13-5-7-14(21)11-16(13)20/h2-5,7,11,15H,9-10,12H2,1H3. The summed E-state index contributed by atoms with van der Waals surface area (Å²) in [4.78, 5) is 18.3. The van der Waals surface area contributed by atoms with Gasteiger partial charge in [0.15, 0.2) is 0 Å². The Bertz CT molecular complexity index is 879. The first-order valence-electron chi connectivity index (χ1n) is 7.99. The van der Waals surface area contributed by atoms with Gasteiger partial charge < -0.3 is 14.4 Å². The van der Waals surface area contributed by atoms with Gasteiger partial charge in [0.1, 0.15) is 11.6 Å². The summed E-state index contributed by atoms with van der Waals surface area (Å²) >= 11 is 5.87. The van der Waals surface area contributed by atoms with Crippen LogP contribution in [0.15, 0.2) is 36.4 Å². The first-order valence-corrected chi connectivity index (χ1v) is 8.36. The van der Waals surface area contributed by atoms with Gasteiger partial charge in [-0.3, -0.25) is 0 Å². The molecular formula is C19H16ClFN2O3. The molecule has 0 radical (unpaired) electrons. The monoisotopic (exact) mass is 374 g/mol. The Hall–Kier alpha value is -2.62. The maximum atomic E-state index is 13.0. The van der Waals surface area contributed by atoms with Crippen LogP contribution in [-0.4, -0.2) is 37.3 Å². The normalized spacial score (nSPS) is 16.1. The van der Waals surface area contributed by atoms with Crippen molar-refractivity contribution in [2.45, 2.75) is 12.5 Å². The van der Waals surface area contributed by atoms with Gasteiger partial charge in [-0.2, -0.15) is 4.98 Å². The Morgan fingerprint density at radius 1 is 1.38 bits per heavy atom. The molecule has 7 heteroatoms. The SMILES string of the molecule is COC1CCN(c2cccc(OC(=O)C#Cc3ccc(F)cc3Cl)n2)C1. The van der Waals surface area contributed by atoms with Gasteiger partial charge in [0, 0.05) is 37.7 Å². The van der Waals surface area contributed by atoms with Crippen molar-refractivity contribution in [3.63, 3.8) is 0 Å². The summed E-state index contributed by atoms with van der Waals surface area (Å²) < 4.78 is 23.5. The third-order valence-electron chi connectivity index (χ3n) is 3.94. The molecule has 2 aromatic rings. The van der Waals surface area contributed by atoms with Gasteiger partial charge >= 0.3 is 5.97 Å². The molecule has 1 aliphatic rings. The fourth-order valence-electron chi connectivity index (χ4n) is 2.60. The number of aromatic nitrogens is 1. The first kappa shape index (κ1) is 18.2. The number of halogens is 2. The van der Waals surface area contributed by atoms with Crippen LogP contribution in [0.25, 0.3) is 0 Å². The van der Waals surface area contributed by atoms with E-state index in [1.54, 1.807) is 19.2 Å². The summed E-state index contributed by atoms with van der Waals surface area (Å²) in [6.07, 6.45) is 1.10. The molecule has 2 heterocycles. The molecule has 1 unspecified atom stereocenters. The van der Waals surface area contributed by atoms with Crippen LogP contribution in [0.5, 0.6) is 5.88 Å². The number of rotatable bonds is 3. The van der Waals surface area contributed by atoms with Crippen LogP contribution in [0.3, 0.4) is 0 Å². The lowest BCUT2D eigenvalue weighted by atomic mass is 10.2. The Morgan fingerprint density at radius 2 is 2.23 bits per heavy atom. The van der Waals surface area contributed by atoms with Gasteiger partial charge in [-0.1, -0.05) is 23.6 Å². The van der Waals surface area contributed by atoms with Crippen molar-refractivity contribution in [3.05, 3.63) is 52.8 Å². The number of hydrogen-bond acceptors (Lipinski definition) is 5. The van der Waals surface area contributed by atoms with Crippen LogP contribution in [0.4, 0.5) is 10.2 Å². The third kappa shape index (κ3) is 4.51. The van der Waals surface area contributed by atoms with E-state index in [1.807, 2.05) is 6.07 Å². The Labute approximate surface area is 155 Å². The van der Waals surface area contributed by atoms with Crippen molar-refractivity contribution < 1.29 is 18.7 Å². The van der Waals surface area contributed by atoms with Crippen molar-refractivity contribution in [1.82, 2.24) is 4.98 Å². The molecule has 0 saturated carbocycles. The molecule has 0 amide bonds. The van der Waals surface area contributed by atoms with Crippen molar-refractivity contribution in [1.29, 1.82) is 0 Å². The third-order valence-corrected chi connectivity index (χ3v) is 4.25. The highest BCUT2D eigenvalue weighted by molar-refractivity contribution is 6.31. The predicted octanol–water partition coefficient (Wildman–Crippen LogP) is 3.06. The van der Waals surface area contributed by atoms with E-state index in [4.69, 9.17) is 21.1 Å². The topological polar surface area (TPSA) is 51.7 Å². The van der Waals surface area contributed by atoms with E-state index in [9.17, 15) is 9.18 Å². The lowest BCUT2D eigenvalue weighted by molar-refractivity contribution is -0.128. The highest BCUT2D eigenvalue weighted by Gasteiger charge is 2.23. The summed E-state index contributed by atoms with van der Waals surface area (Å²) in [5.41, 5.74) is 0.342. The van der Waals surface area contributed by atoms with Crippen molar-refractivity contribution >= 4 is 23.4 Å². The molecule has 1 aromatic carbocycles. The van der Waals surface area contributed by atoms with E-state index < -0.39 is 11.8 Å². The maximum Gasteiger partial charge on any atom is 0.391 e. The molecule has 0 spiro atoms. The summed E-state index contributed by atoms with van der Waals surface area (Å²) in [6.45, 7) is 1.57. The minimum absolute atomic E-state index is 0.132. The first-order chi connectivity index (χ1) is 12.5. The minimum Gasteiger partial charge on any atom is -0.398 e. The van der Waals surface area contributed by atoms with Crippen molar-refractivity contribution in [3.8, 4) is 17.7 Å². The number of carbonyl (C=O) groups excluding carboxylic acids is 1. The number of carbonyl (C=O) groups is 1. The number of ether oxygens (including phenoxy) is 2. The van der Waals surface area contributed by atoms with Crippen molar-refractivity contribution in [2.75, 3.05) is 25.1 Å². The molecule has 1 fully saturated rings. The highest BCUT2D eigenvalue weighted by Crippen LogP contribution is 2.22. The van der Waals surface area contributed by atoms with Crippen LogP contribution >= 0.6 is 11.6 Å². The lowest BCUT2D eigenvalue weighted by Gasteiger charge is -2.17. The smallest absolute Gasteiger partial charge is 0.391 e. The summed E-state index contributed by atoms with van der Waals surface area (Å²) in [5.74, 6) is 4.52. The summed E-state index contributed by atoms with van der Waals surface area (Å²) in [5, 5.41) is 0.132. The van der Waals surface area contributed by atoms with Crippen LogP contribution in [-0.2, 0) is 9.53 Å². The zero-order chi connectivity index (χ0) is 18.5. The predicted molar refractivity (Wildman–Crippen MR) is 95.8 cm³/mol. The zero-order valence-corrected chi connectivity index (χ0v) is 14.8. The van der Waals surface area contributed by atoms with E-state index in [1.165, 1.54) is 12.1 Å². The number of anilines is 1. The summed E-state index contributed by atoms with van der Waals surface area (Å²) in [7, 11) is 1.69. The van der Waals surface area contributed by atoms with E-state index in [0.717, 1.165) is 25.6 Å². The molecule has 1 saturated heterocycles. The van der Waals surface area contributed by atoms with Gasteiger partial charge in [0.2, 0.25) is 5.88 Å². The molecule has 0 N–H and O–H groups in total. The number of methoxy groups -OCH3 is 1. The average Bonchev–Trinajstić information content (AvgIpc) is 3.10. The molecule has 0 bridgehead atoms. The second kappa shape index (κ2) is 8.17. The Kier molecular flexibility index (Phi) is 5.71. The van der Waals surface area contributed by atoms with E-state index in [0.29, 0.717) is 11.4 Å². The average molecular weight is 375 g/mol. The van der Waals surface area contributed by atoms with E-state index in [2.05, 4.69) is 21.7 Å². The van der Waals surface area contributed by atoms with Crippen LogP contribution in [0.2, 0.25) is 5.02 Å². The van der Waals surface area contributed by atoms with E-state index >= 15 is 0 Å². The number of benzene rings is 1. The zero-order valence-electron chi connectivity index (χ0n) is 14.0. The second-order valence-electron chi connectivity index (χ2n) is 5.69. The molecule has 1 aromatic heterocycles. The van der Waals surface area contributed by atoms with Crippen LogP contribution in [0, 0.1) is 17.7 Å². The Morgan fingerprint density at radius 3 is 2.96 bits per heavy atom. The molecule has 134 valence electrons. The molecule has 5 nitrogen and oxygen atoms in total. The lowest BCUT2D eigenvalue weighted by Crippen LogP contribution is -2.23. The highest BCUT2D eigenvalue weighted by atomic mass is 35.5. The van der Waals surface area contributed by atoms with Crippen LogP contribution < -0.4 is 9.64 Å². The second-order valence-corrected chi connectivity index (χ2v) is 6.10. The van der Waals surface area contributed by atoms with Crippen molar-refractivity contribution in [2.24, 2.45) is 0 Å². The Balaban J connectivity index is 1.67.